The van der Waals surface area contributed by atoms with Gasteiger partial charge in [0.25, 0.3) is 11.1 Å². The summed E-state index contributed by atoms with van der Waals surface area (Å²) < 4.78 is 5.24. The van der Waals surface area contributed by atoms with Crippen molar-refractivity contribution in [3.05, 3.63) is 34.7 Å². The van der Waals surface area contributed by atoms with E-state index in [4.69, 9.17) is 11.2 Å². The van der Waals surface area contributed by atoms with E-state index in [2.05, 4.69) is 5.92 Å². The second-order valence-electron chi connectivity index (χ2n) is 3.80. The molecule has 1 saturated heterocycles. The van der Waals surface area contributed by atoms with E-state index in [9.17, 15) is 9.59 Å². The lowest BCUT2D eigenvalue weighted by Gasteiger charge is -2.03. The van der Waals surface area contributed by atoms with Crippen LogP contribution in [0.25, 0.3) is 6.08 Å². The van der Waals surface area contributed by atoms with Gasteiger partial charge < -0.3 is 4.74 Å². The van der Waals surface area contributed by atoms with Crippen molar-refractivity contribution in [2.75, 3.05) is 13.7 Å². The van der Waals surface area contributed by atoms with E-state index >= 15 is 0 Å². The minimum atomic E-state index is -0.275. The van der Waals surface area contributed by atoms with Crippen LogP contribution >= 0.6 is 11.8 Å². The van der Waals surface area contributed by atoms with Gasteiger partial charge in [0, 0.05) is 7.05 Å². The number of nitrogens with zero attached hydrogens (tertiary/aromatic N) is 1. The highest BCUT2D eigenvalue weighted by Crippen LogP contribution is 2.31. The van der Waals surface area contributed by atoms with Crippen molar-refractivity contribution in [3.63, 3.8) is 0 Å². The summed E-state index contributed by atoms with van der Waals surface area (Å²) in [5.74, 6) is 2.77. The van der Waals surface area contributed by atoms with Crippen LogP contribution < -0.4 is 4.74 Å². The molecule has 1 aliphatic heterocycles. The maximum atomic E-state index is 11.7. The van der Waals surface area contributed by atoms with E-state index in [0.717, 1.165) is 22.2 Å². The minimum absolute atomic E-state index is 0.216. The van der Waals surface area contributed by atoms with E-state index in [1.807, 2.05) is 0 Å². The van der Waals surface area contributed by atoms with Gasteiger partial charge in [-0.15, -0.1) is 6.42 Å². The Labute approximate surface area is 115 Å². The number of imide groups is 1. The molecule has 0 atom stereocenters. The van der Waals surface area contributed by atoms with Gasteiger partial charge in [-0.05, 0) is 35.5 Å². The Morgan fingerprint density at radius 3 is 2.58 bits per heavy atom. The third kappa shape index (κ3) is 2.98. The van der Waals surface area contributed by atoms with E-state index < -0.39 is 0 Å². The summed E-state index contributed by atoms with van der Waals surface area (Å²) in [6.07, 6.45) is 6.78. The van der Waals surface area contributed by atoms with Crippen molar-refractivity contribution in [3.8, 4) is 18.1 Å². The molecule has 2 amide bonds. The second kappa shape index (κ2) is 5.63. The molecule has 1 aromatic carbocycles. The van der Waals surface area contributed by atoms with Crippen LogP contribution in [0.1, 0.15) is 5.56 Å². The molecule has 4 nitrogen and oxygen atoms in total. The number of carbonyl (C=O) groups excluding carboxylic acids is 2. The zero-order chi connectivity index (χ0) is 13.8. The number of benzene rings is 1. The number of likely N-dealkylation sites (N-methyl/N-ethyl adjacent to an activating group) is 1. The summed E-state index contributed by atoms with van der Waals surface area (Å²) in [7, 11) is 1.47. The lowest BCUT2D eigenvalue weighted by molar-refractivity contribution is -0.121. The number of rotatable bonds is 3. The van der Waals surface area contributed by atoms with Gasteiger partial charge in [-0.2, -0.15) is 0 Å². The molecule has 0 aliphatic carbocycles. The average molecular weight is 273 g/mol. The molecule has 0 unspecified atom stereocenters. The molecular weight excluding hydrogens is 262 g/mol. The highest BCUT2D eigenvalue weighted by molar-refractivity contribution is 8.18. The summed E-state index contributed by atoms with van der Waals surface area (Å²) in [5, 5.41) is -0.259. The Bertz CT molecular complexity index is 584. The van der Waals surface area contributed by atoms with Crippen LogP contribution in [0.3, 0.4) is 0 Å². The third-order valence-electron chi connectivity index (χ3n) is 2.49. The molecule has 2 rings (SSSR count). The smallest absolute Gasteiger partial charge is 0.293 e. The maximum Gasteiger partial charge on any atom is 0.293 e. The minimum Gasteiger partial charge on any atom is -0.481 e. The van der Waals surface area contributed by atoms with Gasteiger partial charge in [0.05, 0.1) is 4.91 Å². The van der Waals surface area contributed by atoms with E-state index in [-0.39, 0.29) is 17.8 Å². The standard InChI is InChI=1S/C14H11NO3S/c1-3-8-18-11-6-4-10(5-7-11)9-12-13(16)15(2)14(17)19-12/h1,4-7,9H,8H2,2H3/b12-9-. The molecular formula is C14H11NO3S. The highest BCUT2D eigenvalue weighted by Gasteiger charge is 2.31. The normalized spacial score (nSPS) is 16.8. The molecule has 5 heteroatoms. The monoisotopic (exact) mass is 273 g/mol. The Morgan fingerprint density at radius 2 is 2.05 bits per heavy atom. The Kier molecular flexibility index (Phi) is 3.93. The molecule has 1 fully saturated rings. The zero-order valence-corrected chi connectivity index (χ0v) is 11.1. The average Bonchev–Trinajstić information content (AvgIpc) is 2.66. The van der Waals surface area contributed by atoms with Crippen LogP contribution in [0.2, 0.25) is 0 Å². The predicted molar refractivity (Wildman–Crippen MR) is 74.5 cm³/mol. The number of terminal acetylenes is 1. The number of hydrogen-bond donors (Lipinski definition) is 0. The molecule has 1 heterocycles. The van der Waals surface area contributed by atoms with Crippen molar-refractivity contribution in [2.24, 2.45) is 0 Å². The Balaban J connectivity index is 2.14. The first-order valence-corrected chi connectivity index (χ1v) is 6.31. The van der Waals surface area contributed by atoms with Gasteiger partial charge in [0.15, 0.2) is 0 Å². The highest BCUT2D eigenvalue weighted by atomic mass is 32.2. The topological polar surface area (TPSA) is 46.6 Å². The zero-order valence-electron chi connectivity index (χ0n) is 10.3. The molecule has 0 spiro atoms. The largest absolute Gasteiger partial charge is 0.481 e. The van der Waals surface area contributed by atoms with Crippen molar-refractivity contribution < 1.29 is 14.3 Å². The molecule has 96 valence electrons. The maximum absolute atomic E-state index is 11.7. The fourth-order valence-corrected chi connectivity index (χ4v) is 2.31. The van der Waals surface area contributed by atoms with Crippen molar-refractivity contribution in [1.82, 2.24) is 4.90 Å². The first-order valence-electron chi connectivity index (χ1n) is 5.49. The third-order valence-corrected chi connectivity index (χ3v) is 3.45. The molecule has 0 saturated carbocycles. The van der Waals surface area contributed by atoms with Crippen LogP contribution in [0.4, 0.5) is 4.79 Å². The number of amides is 2. The number of ether oxygens (including phenoxy) is 1. The molecule has 1 aliphatic rings. The van der Waals surface area contributed by atoms with Crippen LogP contribution in [-0.2, 0) is 4.79 Å². The quantitative estimate of drug-likeness (QED) is 0.626. The predicted octanol–water partition coefficient (Wildman–Crippen LogP) is 2.36. The number of thioether (sulfide) groups is 1. The van der Waals surface area contributed by atoms with Crippen LogP contribution in [0.15, 0.2) is 29.2 Å². The fraction of sp³-hybridized carbons (Fsp3) is 0.143. The summed E-state index contributed by atoms with van der Waals surface area (Å²) in [5.41, 5.74) is 0.826. The Hall–Kier alpha value is -2.19. The number of carbonyl (C=O) groups is 2. The van der Waals surface area contributed by atoms with E-state index in [0.29, 0.717) is 10.7 Å². The fourth-order valence-electron chi connectivity index (χ4n) is 1.48. The first kappa shape index (κ1) is 13.2. The van der Waals surface area contributed by atoms with Crippen molar-refractivity contribution in [2.45, 2.75) is 0 Å². The summed E-state index contributed by atoms with van der Waals surface area (Å²) in [6, 6.07) is 7.13. The Morgan fingerprint density at radius 1 is 1.37 bits per heavy atom. The molecule has 1 aromatic rings. The van der Waals surface area contributed by atoms with Gasteiger partial charge in [0.1, 0.15) is 12.4 Å². The van der Waals surface area contributed by atoms with Crippen LogP contribution in [0.5, 0.6) is 5.75 Å². The first-order chi connectivity index (χ1) is 9.11. The molecule has 0 bridgehead atoms. The second-order valence-corrected chi connectivity index (χ2v) is 4.80. The van der Waals surface area contributed by atoms with Gasteiger partial charge >= 0.3 is 0 Å². The van der Waals surface area contributed by atoms with E-state index in [1.165, 1.54) is 7.05 Å². The van der Waals surface area contributed by atoms with E-state index in [1.54, 1.807) is 30.3 Å². The van der Waals surface area contributed by atoms with Gasteiger partial charge in [-0.1, -0.05) is 18.1 Å². The lowest BCUT2D eigenvalue weighted by Crippen LogP contribution is -2.22. The summed E-state index contributed by atoms with van der Waals surface area (Å²) >= 11 is 0.935. The van der Waals surface area contributed by atoms with Gasteiger partial charge in [0.2, 0.25) is 0 Å². The molecule has 19 heavy (non-hydrogen) atoms. The van der Waals surface area contributed by atoms with Crippen molar-refractivity contribution in [1.29, 1.82) is 0 Å². The molecule has 0 aromatic heterocycles. The number of hydrogen-bond acceptors (Lipinski definition) is 4. The van der Waals surface area contributed by atoms with Gasteiger partial charge in [-0.3, -0.25) is 14.5 Å². The van der Waals surface area contributed by atoms with Crippen LogP contribution in [-0.4, -0.2) is 29.7 Å². The summed E-state index contributed by atoms with van der Waals surface area (Å²) in [4.78, 5) is 24.6. The van der Waals surface area contributed by atoms with Gasteiger partial charge in [-0.25, -0.2) is 0 Å². The van der Waals surface area contributed by atoms with Crippen molar-refractivity contribution >= 4 is 29.0 Å². The lowest BCUT2D eigenvalue weighted by atomic mass is 10.2. The molecule has 0 N–H and O–H groups in total. The van der Waals surface area contributed by atoms with Crippen LogP contribution in [0, 0.1) is 12.3 Å². The summed E-state index contributed by atoms with van der Waals surface area (Å²) in [6.45, 7) is 0.216. The SMILES string of the molecule is C#CCOc1ccc(/C=C2\SC(=O)N(C)C2=O)cc1. The molecule has 0 radical (unpaired) electrons.